The number of fused-ring (bicyclic) bond motifs is 1. The minimum Gasteiger partial charge on any atom is -0.487 e. The molecule has 3 rings (SSSR count). The van der Waals surface area contributed by atoms with Gasteiger partial charge in [-0.1, -0.05) is 22.0 Å². The molecule has 0 bridgehead atoms. The molecule has 0 fully saturated rings. The number of nitrogens with zero attached hydrogens (tertiary/aromatic N) is 1. The summed E-state index contributed by atoms with van der Waals surface area (Å²) in [7, 11) is 0. The Morgan fingerprint density at radius 2 is 2.00 bits per heavy atom. The molecule has 0 aromatic heterocycles. The van der Waals surface area contributed by atoms with Crippen molar-refractivity contribution in [3.63, 3.8) is 0 Å². The smallest absolute Gasteiger partial charge is 0.326 e. The molecule has 1 aliphatic rings. The van der Waals surface area contributed by atoms with Crippen molar-refractivity contribution in [1.29, 1.82) is 0 Å². The van der Waals surface area contributed by atoms with E-state index < -0.39 is 0 Å². The molecule has 22 heavy (non-hydrogen) atoms. The zero-order chi connectivity index (χ0) is 15.7. The Kier molecular flexibility index (Phi) is 4.07. The maximum absolute atomic E-state index is 12.6. The summed E-state index contributed by atoms with van der Waals surface area (Å²) < 4.78 is 6.78. The second-order valence-electron chi connectivity index (χ2n) is 5.45. The maximum Gasteiger partial charge on any atom is 0.326 e. The number of rotatable bonds is 1. The monoisotopic (exact) mass is 360 g/mol. The molecule has 1 atom stereocenters. The average molecular weight is 361 g/mol. The molecule has 0 radical (unpaired) electrons. The van der Waals surface area contributed by atoms with Crippen molar-refractivity contribution >= 4 is 33.3 Å². The van der Waals surface area contributed by atoms with Crippen LogP contribution in [0.3, 0.4) is 0 Å². The lowest BCUT2D eigenvalue weighted by Crippen LogP contribution is -2.44. The molecular formula is C17H17BrN2O2. The number of halogens is 1. The van der Waals surface area contributed by atoms with Gasteiger partial charge in [-0.15, -0.1) is 0 Å². The lowest BCUT2D eigenvalue weighted by atomic mass is 10.1. The van der Waals surface area contributed by atoms with Crippen LogP contribution in [0.5, 0.6) is 5.75 Å². The van der Waals surface area contributed by atoms with Gasteiger partial charge in [-0.25, -0.2) is 4.79 Å². The zero-order valence-corrected chi connectivity index (χ0v) is 14.1. The Morgan fingerprint density at radius 1 is 1.27 bits per heavy atom. The summed E-state index contributed by atoms with van der Waals surface area (Å²) in [5.41, 5.74) is 2.67. The molecule has 2 amide bonds. The molecule has 0 saturated carbocycles. The Morgan fingerprint density at radius 3 is 2.73 bits per heavy atom. The lowest BCUT2D eigenvalue weighted by molar-refractivity contribution is 0.208. The Balaban J connectivity index is 1.86. The van der Waals surface area contributed by atoms with E-state index in [1.807, 2.05) is 56.3 Å². The van der Waals surface area contributed by atoms with E-state index >= 15 is 0 Å². The highest BCUT2D eigenvalue weighted by atomic mass is 79.9. The number of aryl methyl sites for hydroxylation is 1. The van der Waals surface area contributed by atoms with Crippen LogP contribution >= 0.6 is 15.9 Å². The van der Waals surface area contributed by atoms with Crippen molar-refractivity contribution in [3.05, 3.63) is 52.5 Å². The predicted molar refractivity (Wildman–Crippen MR) is 91.8 cm³/mol. The quantitative estimate of drug-likeness (QED) is 0.808. The molecule has 0 unspecified atom stereocenters. The molecule has 2 aromatic carbocycles. The van der Waals surface area contributed by atoms with Gasteiger partial charge in [0.05, 0.1) is 12.2 Å². The standard InChI is InChI=1S/C17H17BrN2O2/c1-11-3-8-16-15(9-11)20(10-12(2)22-16)17(21)19-14-6-4-13(18)5-7-14/h3-9,12H,10H2,1-2H3,(H,19,21)/t12-/m1/s1. The Labute approximate surface area is 138 Å². The van der Waals surface area contributed by atoms with Gasteiger partial charge < -0.3 is 10.1 Å². The van der Waals surface area contributed by atoms with Crippen LogP contribution in [0.4, 0.5) is 16.2 Å². The van der Waals surface area contributed by atoms with Gasteiger partial charge in [-0.05, 0) is 55.8 Å². The van der Waals surface area contributed by atoms with E-state index in [-0.39, 0.29) is 12.1 Å². The van der Waals surface area contributed by atoms with Crippen LogP contribution in [0, 0.1) is 6.92 Å². The van der Waals surface area contributed by atoms with Crippen LogP contribution in [-0.4, -0.2) is 18.7 Å². The molecule has 114 valence electrons. The summed E-state index contributed by atoms with van der Waals surface area (Å²) in [4.78, 5) is 14.4. The first-order chi connectivity index (χ1) is 10.5. The number of ether oxygens (including phenoxy) is 1. The second kappa shape index (κ2) is 6.01. The Hall–Kier alpha value is -2.01. The van der Waals surface area contributed by atoms with Crippen molar-refractivity contribution in [2.45, 2.75) is 20.0 Å². The minimum absolute atomic E-state index is 0.0362. The first-order valence-corrected chi connectivity index (χ1v) is 7.93. The van der Waals surface area contributed by atoms with E-state index in [4.69, 9.17) is 4.74 Å². The number of anilines is 2. The number of urea groups is 1. The number of hydrogen-bond acceptors (Lipinski definition) is 2. The average Bonchev–Trinajstić information content (AvgIpc) is 2.49. The summed E-state index contributed by atoms with van der Waals surface area (Å²) in [5, 5.41) is 2.93. The van der Waals surface area contributed by atoms with Crippen molar-refractivity contribution < 1.29 is 9.53 Å². The third-order valence-electron chi connectivity index (χ3n) is 3.51. The highest BCUT2D eigenvalue weighted by molar-refractivity contribution is 9.10. The number of amides is 2. The fraction of sp³-hybridized carbons (Fsp3) is 0.235. The molecular weight excluding hydrogens is 344 g/mol. The van der Waals surface area contributed by atoms with Crippen molar-refractivity contribution in [2.24, 2.45) is 0 Å². The summed E-state index contributed by atoms with van der Waals surface area (Å²) in [6, 6.07) is 13.3. The number of nitrogens with one attached hydrogen (secondary N) is 1. The largest absolute Gasteiger partial charge is 0.487 e. The van der Waals surface area contributed by atoms with Crippen molar-refractivity contribution in [2.75, 3.05) is 16.8 Å². The van der Waals surface area contributed by atoms with Crippen LogP contribution in [0.15, 0.2) is 46.9 Å². The Bertz CT molecular complexity index is 700. The van der Waals surface area contributed by atoms with Gasteiger partial charge in [0.1, 0.15) is 11.9 Å². The highest BCUT2D eigenvalue weighted by Gasteiger charge is 2.27. The van der Waals surface area contributed by atoms with E-state index in [1.165, 1.54) is 0 Å². The highest BCUT2D eigenvalue weighted by Crippen LogP contribution is 2.34. The van der Waals surface area contributed by atoms with Crippen molar-refractivity contribution in [3.8, 4) is 5.75 Å². The topological polar surface area (TPSA) is 41.6 Å². The van der Waals surface area contributed by atoms with Crippen LogP contribution < -0.4 is 15.0 Å². The van der Waals surface area contributed by atoms with Gasteiger partial charge in [-0.3, -0.25) is 4.90 Å². The number of hydrogen-bond donors (Lipinski definition) is 1. The van der Waals surface area contributed by atoms with Gasteiger partial charge in [0.25, 0.3) is 0 Å². The first-order valence-electron chi connectivity index (χ1n) is 7.14. The lowest BCUT2D eigenvalue weighted by Gasteiger charge is -2.33. The first kappa shape index (κ1) is 14.9. The summed E-state index contributed by atoms with van der Waals surface area (Å²) >= 11 is 3.39. The van der Waals surface area contributed by atoms with E-state index in [0.717, 1.165) is 27.2 Å². The van der Waals surface area contributed by atoms with Gasteiger partial charge in [-0.2, -0.15) is 0 Å². The predicted octanol–water partition coefficient (Wildman–Crippen LogP) is 4.58. The molecule has 0 aliphatic carbocycles. The second-order valence-corrected chi connectivity index (χ2v) is 6.36. The van der Waals surface area contributed by atoms with E-state index in [9.17, 15) is 4.79 Å². The number of carbonyl (C=O) groups excluding carboxylic acids is 1. The third-order valence-corrected chi connectivity index (χ3v) is 4.04. The molecule has 1 heterocycles. The van der Waals surface area contributed by atoms with Crippen LogP contribution in [0.1, 0.15) is 12.5 Å². The molecule has 1 N–H and O–H groups in total. The summed E-state index contributed by atoms with van der Waals surface area (Å²) in [5.74, 6) is 0.746. The fourth-order valence-corrected chi connectivity index (χ4v) is 2.73. The molecule has 0 saturated heterocycles. The molecule has 0 spiro atoms. The van der Waals surface area contributed by atoms with Gasteiger partial charge in [0.15, 0.2) is 0 Å². The normalized spacial score (nSPS) is 16.7. The third kappa shape index (κ3) is 3.09. The number of carbonyl (C=O) groups is 1. The van der Waals surface area contributed by atoms with Gasteiger partial charge in [0.2, 0.25) is 0 Å². The van der Waals surface area contributed by atoms with Crippen LogP contribution in [0.2, 0.25) is 0 Å². The summed E-state index contributed by atoms with van der Waals surface area (Å²) in [6.07, 6.45) is -0.0362. The fourth-order valence-electron chi connectivity index (χ4n) is 2.46. The molecule has 5 heteroatoms. The summed E-state index contributed by atoms with van der Waals surface area (Å²) in [6.45, 7) is 4.49. The maximum atomic E-state index is 12.6. The van der Waals surface area contributed by atoms with Crippen LogP contribution in [-0.2, 0) is 0 Å². The van der Waals surface area contributed by atoms with Gasteiger partial charge >= 0.3 is 6.03 Å². The zero-order valence-electron chi connectivity index (χ0n) is 12.5. The van der Waals surface area contributed by atoms with E-state index in [1.54, 1.807) is 4.90 Å². The van der Waals surface area contributed by atoms with Crippen LogP contribution in [0.25, 0.3) is 0 Å². The van der Waals surface area contributed by atoms with E-state index in [2.05, 4.69) is 21.2 Å². The van der Waals surface area contributed by atoms with E-state index in [0.29, 0.717) is 6.54 Å². The van der Waals surface area contributed by atoms with Gasteiger partial charge in [0, 0.05) is 10.2 Å². The SMILES string of the molecule is Cc1ccc2c(c1)N(C(=O)Nc1ccc(Br)cc1)C[C@@H](C)O2. The molecule has 2 aromatic rings. The minimum atomic E-state index is -0.149. The van der Waals surface area contributed by atoms with Crippen molar-refractivity contribution in [1.82, 2.24) is 0 Å². The molecule has 1 aliphatic heterocycles. The number of benzene rings is 2. The molecule has 4 nitrogen and oxygen atoms in total.